The van der Waals surface area contributed by atoms with Gasteiger partial charge in [-0.1, -0.05) is 29.8 Å². The van der Waals surface area contributed by atoms with Crippen molar-refractivity contribution < 1.29 is 14.4 Å². The maximum absolute atomic E-state index is 13.3. The lowest BCUT2D eigenvalue weighted by Gasteiger charge is -2.31. The minimum absolute atomic E-state index is 0.370. The first kappa shape index (κ1) is 20.7. The van der Waals surface area contributed by atoms with E-state index in [1.165, 1.54) is 0 Å². The number of carbonyl (C=O) groups excluding carboxylic acids is 3. The highest BCUT2D eigenvalue weighted by Crippen LogP contribution is 2.42. The summed E-state index contributed by atoms with van der Waals surface area (Å²) in [5.41, 5.74) is 0.651. The third-order valence-corrected chi connectivity index (χ3v) is 7.25. The van der Waals surface area contributed by atoms with Gasteiger partial charge in [0, 0.05) is 21.5 Å². The minimum Gasteiger partial charge on any atom is -0.319 e. The minimum atomic E-state index is -1.06. The molecule has 1 aliphatic carbocycles. The summed E-state index contributed by atoms with van der Waals surface area (Å²) in [4.78, 5) is 40.8. The molecule has 32 heavy (non-hydrogen) atoms. The topological polar surface area (TPSA) is 96.3 Å². The van der Waals surface area contributed by atoms with Crippen LogP contribution in [0, 0.1) is 0 Å². The van der Waals surface area contributed by atoms with E-state index in [0.29, 0.717) is 23.8 Å². The number of hydrogen-bond acceptors (Lipinski definition) is 5. The van der Waals surface area contributed by atoms with Gasteiger partial charge in [0.1, 0.15) is 17.9 Å². The first-order valence-corrected chi connectivity index (χ1v) is 11.5. The number of aryl methyl sites for hydroxylation is 1. The molecule has 1 aromatic carbocycles. The molecule has 1 atom stereocenters. The molecular formula is C22H20ClN5O3S. The quantitative estimate of drug-likeness (QED) is 0.560. The molecule has 0 saturated carbocycles. The van der Waals surface area contributed by atoms with Crippen molar-refractivity contribution in [1.29, 1.82) is 0 Å². The number of halogens is 1. The second-order valence-corrected chi connectivity index (χ2v) is 9.26. The van der Waals surface area contributed by atoms with E-state index in [1.54, 1.807) is 34.3 Å². The molecule has 3 aromatic rings. The van der Waals surface area contributed by atoms with Gasteiger partial charge >= 0.3 is 6.03 Å². The zero-order valence-corrected chi connectivity index (χ0v) is 18.6. The van der Waals surface area contributed by atoms with Crippen LogP contribution in [-0.2, 0) is 28.1 Å². The van der Waals surface area contributed by atoms with Gasteiger partial charge in [0.15, 0.2) is 0 Å². The van der Waals surface area contributed by atoms with Crippen molar-refractivity contribution in [1.82, 2.24) is 20.0 Å². The molecule has 1 aliphatic heterocycles. The molecule has 164 valence electrons. The van der Waals surface area contributed by atoms with Gasteiger partial charge in [-0.2, -0.15) is 5.10 Å². The molecule has 5 rings (SSSR count). The highest BCUT2D eigenvalue weighted by Gasteiger charge is 2.54. The average molecular weight is 470 g/mol. The van der Waals surface area contributed by atoms with Crippen LogP contribution in [0.25, 0.3) is 0 Å². The Morgan fingerprint density at radius 1 is 1.25 bits per heavy atom. The van der Waals surface area contributed by atoms with Crippen molar-refractivity contribution in [3.05, 3.63) is 69.0 Å². The summed E-state index contributed by atoms with van der Waals surface area (Å²) in [6, 6.07) is 10.4. The van der Waals surface area contributed by atoms with Crippen LogP contribution < -0.4 is 10.6 Å². The Hall–Kier alpha value is -3.17. The summed E-state index contributed by atoms with van der Waals surface area (Å²) in [6.45, 7) is -0.00137. The van der Waals surface area contributed by atoms with E-state index in [-0.39, 0.29) is 12.5 Å². The molecule has 1 unspecified atom stereocenters. The van der Waals surface area contributed by atoms with Crippen LogP contribution in [0.5, 0.6) is 0 Å². The molecule has 4 amide bonds. The third-order valence-electron chi connectivity index (χ3n) is 5.90. The molecule has 1 saturated heterocycles. The smallest absolute Gasteiger partial charge is 0.319 e. The predicted molar refractivity (Wildman–Crippen MR) is 121 cm³/mol. The molecule has 2 aromatic heterocycles. The van der Waals surface area contributed by atoms with Crippen molar-refractivity contribution >= 4 is 46.6 Å². The molecule has 3 heterocycles. The molecule has 0 bridgehead atoms. The number of amides is 4. The van der Waals surface area contributed by atoms with E-state index in [2.05, 4.69) is 15.7 Å². The lowest BCUT2D eigenvalue weighted by atomic mass is 9.80. The fourth-order valence-corrected chi connectivity index (χ4v) is 5.56. The largest absolute Gasteiger partial charge is 0.325 e. The molecular weight excluding hydrogens is 450 g/mol. The highest BCUT2D eigenvalue weighted by molar-refractivity contribution is 7.10. The van der Waals surface area contributed by atoms with Crippen LogP contribution in [-0.4, -0.2) is 39.1 Å². The van der Waals surface area contributed by atoms with Gasteiger partial charge in [-0.15, -0.1) is 11.3 Å². The van der Waals surface area contributed by atoms with Crippen molar-refractivity contribution in [3.8, 4) is 0 Å². The standard InChI is InChI=1S/C22H20ClN5O3S/c23-16-5-2-1-4-14(16)12-28-18(7-10-24-28)25-19(29)13-27-20(30)22(26-21(27)31)9-3-6-17-15(22)8-11-32-17/h1-2,4-5,7-8,10-11H,3,6,9,12-13H2,(H,25,29)(H,26,31). The molecule has 1 fully saturated rings. The van der Waals surface area contributed by atoms with E-state index in [1.807, 2.05) is 29.6 Å². The Bertz CT molecular complexity index is 1220. The summed E-state index contributed by atoms with van der Waals surface area (Å²) in [5.74, 6) is -0.399. The number of imide groups is 1. The van der Waals surface area contributed by atoms with Gasteiger partial charge in [0.25, 0.3) is 5.91 Å². The van der Waals surface area contributed by atoms with Gasteiger partial charge < -0.3 is 10.6 Å². The Morgan fingerprint density at radius 2 is 2.09 bits per heavy atom. The summed E-state index contributed by atoms with van der Waals surface area (Å²) >= 11 is 7.82. The van der Waals surface area contributed by atoms with Crippen molar-refractivity contribution in [2.45, 2.75) is 31.3 Å². The molecule has 8 nitrogen and oxygen atoms in total. The number of hydrogen-bond donors (Lipinski definition) is 2. The van der Waals surface area contributed by atoms with Crippen molar-refractivity contribution in [2.24, 2.45) is 0 Å². The molecule has 10 heteroatoms. The number of fused-ring (bicyclic) bond motifs is 2. The first-order chi connectivity index (χ1) is 15.5. The number of urea groups is 1. The first-order valence-electron chi connectivity index (χ1n) is 10.2. The van der Waals surface area contributed by atoms with Gasteiger partial charge in [-0.05, 0) is 42.3 Å². The second-order valence-electron chi connectivity index (χ2n) is 7.85. The maximum atomic E-state index is 13.3. The average Bonchev–Trinajstić information content (AvgIpc) is 3.47. The number of anilines is 1. The Morgan fingerprint density at radius 3 is 2.94 bits per heavy atom. The number of carbonyl (C=O) groups is 3. The van der Waals surface area contributed by atoms with Crippen LogP contribution in [0.2, 0.25) is 5.02 Å². The van der Waals surface area contributed by atoms with Crippen molar-refractivity contribution in [2.75, 3.05) is 11.9 Å². The van der Waals surface area contributed by atoms with Crippen LogP contribution >= 0.6 is 22.9 Å². The summed E-state index contributed by atoms with van der Waals surface area (Å²) < 4.78 is 1.60. The Kier molecular flexibility index (Phi) is 5.22. The number of nitrogens with zero attached hydrogens (tertiary/aromatic N) is 3. The normalized spacial score (nSPS) is 19.8. The summed E-state index contributed by atoms with van der Waals surface area (Å²) in [6.07, 6.45) is 3.80. The van der Waals surface area contributed by atoms with Gasteiger partial charge in [0.2, 0.25) is 5.91 Å². The second kappa shape index (κ2) is 8.07. The molecule has 1 spiro atoms. The number of nitrogens with one attached hydrogen (secondary N) is 2. The number of benzene rings is 1. The SMILES string of the molecule is O=C(CN1C(=O)NC2(CCCc3sccc32)C1=O)Nc1ccnn1Cc1ccccc1Cl. The highest BCUT2D eigenvalue weighted by atomic mass is 35.5. The van der Waals surface area contributed by atoms with Crippen LogP contribution in [0.3, 0.4) is 0 Å². The van der Waals surface area contributed by atoms with Crippen molar-refractivity contribution in [3.63, 3.8) is 0 Å². The lowest BCUT2D eigenvalue weighted by Crippen LogP contribution is -2.46. The molecule has 0 radical (unpaired) electrons. The zero-order chi connectivity index (χ0) is 22.3. The van der Waals surface area contributed by atoms with Crippen LogP contribution in [0.4, 0.5) is 10.6 Å². The van der Waals surface area contributed by atoms with Gasteiger partial charge in [-0.3, -0.25) is 14.5 Å². The number of thiophene rings is 1. The predicted octanol–water partition coefficient (Wildman–Crippen LogP) is 3.37. The maximum Gasteiger partial charge on any atom is 0.325 e. The van der Waals surface area contributed by atoms with E-state index in [0.717, 1.165) is 33.7 Å². The van der Waals surface area contributed by atoms with Gasteiger partial charge in [0.05, 0.1) is 12.7 Å². The zero-order valence-electron chi connectivity index (χ0n) is 17.0. The van der Waals surface area contributed by atoms with E-state index in [4.69, 9.17) is 11.6 Å². The molecule has 2 aliphatic rings. The van der Waals surface area contributed by atoms with E-state index >= 15 is 0 Å². The monoisotopic (exact) mass is 469 g/mol. The summed E-state index contributed by atoms with van der Waals surface area (Å²) in [7, 11) is 0. The summed E-state index contributed by atoms with van der Waals surface area (Å²) in [5, 5.41) is 12.4. The fourth-order valence-electron chi connectivity index (χ4n) is 4.36. The Balaban J connectivity index is 1.30. The van der Waals surface area contributed by atoms with Gasteiger partial charge in [-0.25, -0.2) is 9.48 Å². The Labute approximate surface area is 193 Å². The number of rotatable bonds is 5. The lowest BCUT2D eigenvalue weighted by molar-refractivity contribution is -0.134. The van der Waals surface area contributed by atoms with Crippen LogP contribution in [0.1, 0.15) is 28.8 Å². The fraction of sp³-hybridized carbons (Fsp3) is 0.273. The molecule has 2 N–H and O–H groups in total. The van der Waals surface area contributed by atoms with E-state index < -0.39 is 17.5 Å². The number of aromatic nitrogens is 2. The van der Waals surface area contributed by atoms with E-state index in [9.17, 15) is 14.4 Å². The van der Waals surface area contributed by atoms with Crippen LogP contribution in [0.15, 0.2) is 48.0 Å². The third kappa shape index (κ3) is 3.47.